The number of anilines is 1. The van der Waals surface area contributed by atoms with E-state index in [-0.39, 0.29) is 16.2 Å². The number of halogens is 3. The summed E-state index contributed by atoms with van der Waals surface area (Å²) in [5.74, 6) is -0.211. The van der Waals surface area contributed by atoms with Crippen LogP contribution in [0.4, 0.5) is 19.0 Å². The van der Waals surface area contributed by atoms with Crippen molar-refractivity contribution in [2.75, 3.05) is 5.73 Å². The van der Waals surface area contributed by atoms with E-state index in [9.17, 15) is 13.2 Å². The fourth-order valence-electron chi connectivity index (χ4n) is 2.28. The SMILES string of the molecule is Cc1cc2cc(C(C)Sc3nc(N)cc(C(F)(F)F)n3)ncc2[nH]1. The van der Waals surface area contributed by atoms with Crippen molar-refractivity contribution in [1.29, 1.82) is 0 Å². The van der Waals surface area contributed by atoms with Crippen molar-refractivity contribution in [2.45, 2.75) is 30.4 Å². The second-order valence-corrected chi connectivity index (χ2v) is 6.68. The molecule has 3 N–H and O–H groups in total. The highest BCUT2D eigenvalue weighted by Gasteiger charge is 2.33. The van der Waals surface area contributed by atoms with Gasteiger partial charge in [0.15, 0.2) is 10.9 Å². The highest BCUT2D eigenvalue weighted by molar-refractivity contribution is 7.99. The van der Waals surface area contributed by atoms with E-state index in [1.54, 1.807) is 6.20 Å². The Morgan fingerprint density at radius 1 is 1.21 bits per heavy atom. The first kappa shape index (κ1) is 16.6. The predicted octanol–water partition coefficient (Wildman–Crippen LogP) is 4.12. The summed E-state index contributed by atoms with van der Waals surface area (Å²) in [5, 5.41) is 0.740. The summed E-state index contributed by atoms with van der Waals surface area (Å²) in [6, 6.07) is 4.60. The Kier molecular flexibility index (Phi) is 4.12. The number of aryl methyl sites for hydroxylation is 1. The minimum atomic E-state index is -4.56. The first-order chi connectivity index (χ1) is 11.2. The number of nitrogens with zero attached hydrogens (tertiary/aromatic N) is 3. The van der Waals surface area contributed by atoms with Gasteiger partial charge in [-0.05, 0) is 26.0 Å². The third kappa shape index (κ3) is 3.45. The summed E-state index contributed by atoms with van der Waals surface area (Å²) in [6.45, 7) is 3.77. The normalized spacial score (nSPS) is 13.4. The molecule has 0 spiro atoms. The van der Waals surface area contributed by atoms with Crippen LogP contribution in [-0.4, -0.2) is 19.9 Å². The molecule has 3 heterocycles. The molecule has 0 aliphatic rings. The molecule has 3 rings (SSSR count). The van der Waals surface area contributed by atoms with Crippen molar-refractivity contribution in [2.24, 2.45) is 0 Å². The molecular formula is C15H14F3N5S. The minimum Gasteiger partial charge on any atom is -0.384 e. The van der Waals surface area contributed by atoms with Gasteiger partial charge in [-0.15, -0.1) is 0 Å². The molecule has 0 aliphatic carbocycles. The van der Waals surface area contributed by atoms with Crippen molar-refractivity contribution < 1.29 is 13.2 Å². The van der Waals surface area contributed by atoms with E-state index in [4.69, 9.17) is 5.73 Å². The summed E-state index contributed by atoms with van der Waals surface area (Å²) < 4.78 is 38.4. The van der Waals surface area contributed by atoms with Crippen LogP contribution in [0.3, 0.4) is 0 Å². The third-order valence-corrected chi connectivity index (χ3v) is 4.36. The molecule has 1 atom stereocenters. The van der Waals surface area contributed by atoms with Gasteiger partial charge in [-0.25, -0.2) is 9.97 Å². The lowest BCUT2D eigenvalue weighted by atomic mass is 10.2. The van der Waals surface area contributed by atoms with Gasteiger partial charge < -0.3 is 10.7 Å². The van der Waals surface area contributed by atoms with Gasteiger partial charge in [0.2, 0.25) is 0 Å². The molecule has 1 unspecified atom stereocenters. The Bertz CT molecular complexity index is 890. The number of nitrogen functional groups attached to an aromatic ring is 1. The average Bonchev–Trinajstić information content (AvgIpc) is 2.84. The Balaban J connectivity index is 1.87. The smallest absolute Gasteiger partial charge is 0.384 e. The first-order valence-electron chi connectivity index (χ1n) is 7.06. The van der Waals surface area contributed by atoms with E-state index in [1.165, 1.54) is 0 Å². The van der Waals surface area contributed by atoms with Crippen molar-refractivity contribution >= 4 is 28.5 Å². The summed E-state index contributed by atoms with van der Waals surface area (Å²) in [4.78, 5) is 14.9. The minimum absolute atomic E-state index is 0.0260. The molecule has 0 radical (unpaired) electrons. The number of H-pyrrole nitrogens is 1. The summed E-state index contributed by atoms with van der Waals surface area (Å²) in [5.41, 5.74) is 7.07. The molecule has 3 aromatic heterocycles. The van der Waals surface area contributed by atoms with Crippen LogP contribution >= 0.6 is 11.8 Å². The van der Waals surface area contributed by atoms with Gasteiger partial charge in [0.1, 0.15) is 5.82 Å². The van der Waals surface area contributed by atoms with Crippen LogP contribution in [0.15, 0.2) is 29.6 Å². The van der Waals surface area contributed by atoms with Gasteiger partial charge in [0.05, 0.1) is 22.7 Å². The van der Waals surface area contributed by atoms with Gasteiger partial charge in [0, 0.05) is 17.1 Å². The molecule has 126 valence electrons. The van der Waals surface area contributed by atoms with Crippen LogP contribution in [0.2, 0.25) is 0 Å². The maximum atomic E-state index is 12.8. The second kappa shape index (κ2) is 5.97. The van der Waals surface area contributed by atoms with Crippen LogP contribution in [0.1, 0.15) is 29.3 Å². The number of alkyl halides is 3. The maximum Gasteiger partial charge on any atom is 0.433 e. The zero-order valence-electron chi connectivity index (χ0n) is 12.8. The van der Waals surface area contributed by atoms with E-state index in [2.05, 4.69) is 19.9 Å². The van der Waals surface area contributed by atoms with E-state index < -0.39 is 11.9 Å². The number of hydrogen-bond donors (Lipinski definition) is 2. The van der Waals surface area contributed by atoms with Gasteiger partial charge in [0.25, 0.3) is 0 Å². The van der Waals surface area contributed by atoms with Crippen molar-refractivity contribution in [1.82, 2.24) is 19.9 Å². The average molecular weight is 353 g/mol. The molecule has 3 aromatic rings. The number of thioether (sulfide) groups is 1. The van der Waals surface area contributed by atoms with Crippen LogP contribution < -0.4 is 5.73 Å². The van der Waals surface area contributed by atoms with Gasteiger partial charge >= 0.3 is 6.18 Å². The first-order valence-corrected chi connectivity index (χ1v) is 7.94. The molecule has 0 aromatic carbocycles. The lowest BCUT2D eigenvalue weighted by Gasteiger charge is -2.12. The number of rotatable bonds is 3. The fourth-order valence-corrected chi connectivity index (χ4v) is 3.15. The van der Waals surface area contributed by atoms with Crippen LogP contribution in [0.5, 0.6) is 0 Å². The molecular weight excluding hydrogens is 339 g/mol. The van der Waals surface area contributed by atoms with Crippen molar-refractivity contribution in [3.8, 4) is 0 Å². The molecule has 24 heavy (non-hydrogen) atoms. The number of nitrogens with two attached hydrogens (primary N) is 1. The second-order valence-electron chi connectivity index (χ2n) is 5.37. The van der Waals surface area contributed by atoms with E-state index in [0.29, 0.717) is 0 Å². The zero-order valence-corrected chi connectivity index (χ0v) is 13.7. The van der Waals surface area contributed by atoms with E-state index in [1.807, 2.05) is 26.0 Å². The van der Waals surface area contributed by atoms with Crippen molar-refractivity contribution in [3.05, 3.63) is 41.5 Å². The number of aromatic amines is 1. The highest BCUT2D eigenvalue weighted by atomic mass is 32.2. The number of aromatic nitrogens is 4. The molecule has 0 saturated carbocycles. The fraction of sp³-hybridized carbons (Fsp3) is 0.267. The Morgan fingerprint density at radius 3 is 2.67 bits per heavy atom. The molecule has 0 amide bonds. The summed E-state index contributed by atoms with van der Waals surface area (Å²) in [7, 11) is 0. The molecule has 0 fully saturated rings. The largest absolute Gasteiger partial charge is 0.433 e. The molecule has 0 saturated heterocycles. The van der Waals surface area contributed by atoms with Crippen LogP contribution in [0, 0.1) is 6.92 Å². The monoisotopic (exact) mass is 353 g/mol. The predicted molar refractivity (Wildman–Crippen MR) is 86.5 cm³/mol. The summed E-state index contributed by atoms with van der Waals surface area (Å²) >= 11 is 1.08. The molecule has 9 heteroatoms. The maximum absolute atomic E-state index is 12.8. The molecule has 0 aliphatic heterocycles. The van der Waals surface area contributed by atoms with E-state index in [0.717, 1.165) is 40.1 Å². The van der Waals surface area contributed by atoms with E-state index >= 15 is 0 Å². The standard InChI is InChI=1S/C15H14F3N5S/c1-7-3-9-4-10(20-6-11(9)21-7)8(2)24-14-22-12(15(16,17)18)5-13(19)23-14/h3-6,8,21H,1-2H3,(H2,19,22,23). The van der Waals surface area contributed by atoms with Crippen molar-refractivity contribution in [3.63, 3.8) is 0 Å². The number of nitrogens with one attached hydrogen (secondary N) is 1. The molecule has 0 bridgehead atoms. The lowest BCUT2D eigenvalue weighted by Crippen LogP contribution is -2.11. The molecule has 5 nitrogen and oxygen atoms in total. The lowest BCUT2D eigenvalue weighted by molar-refractivity contribution is -0.141. The Labute approximate surface area is 139 Å². The van der Waals surface area contributed by atoms with Crippen LogP contribution in [0.25, 0.3) is 10.9 Å². The number of pyridine rings is 1. The third-order valence-electron chi connectivity index (χ3n) is 3.38. The quantitative estimate of drug-likeness (QED) is 0.547. The van der Waals surface area contributed by atoms with Crippen LogP contribution in [-0.2, 0) is 6.18 Å². The van der Waals surface area contributed by atoms with Gasteiger partial charge in [-0.1, -0.05) is 11.8 Å². The van der Waals surface area contributed by atoms with Gasteiger partial charge in [-0.2, -0.15) is 13.2 Å². The number of fused-ring (bicyclic) bond motifs is 1. The number of hydrogen-bond acceptors (Lipinski definition) is 5. The highest BCUT2D eigenvalue weighted by Crippen LogP contribution is 2.35. The Hall–Kier alpha value is -2.29. The summed E-state index contributed by atoms with van der Waals surface area (Å²) in [6.07, 6.45) is -2.86. The Morgan fingerprint density at radius 2 is 1.96 bits per heavy atom. The van der Waals surface area contributed by atoms with Gasteiger partial charge in [-0.3, -0.25) is 4.98 Å². The topological polar surface area (TPSA) is 80.5 Å². The zero-order chi connectivity index (χ0) is 17.5.